The number of anilines is 1. The molecule has 1 amide bonds. The number of amidine groups is 1. The maximum absolute atomic E-state index is 11.4. The summed E-state index contributed by atoms with van der Waals surface area (Å²) in [5.41, 5.74) is 0. The van der Waals surface area contributed by atoms with Crippen LogP contribution >= 0.6 is 23.6 Å². The van der Waals surface area contributed by atoms with Crippen molar-refractivity contribution in [3.8, 4) is 0 Å². The van der Waals surface area contributed by atoms with Gasteiger partial charge in [0.1, 0.15) is 4.99 Å². The van der Waals surface area contributed by atoms with Gasteiger partial charge >= 0.3 is 0 Å². The minimum Gasteiger partial charge on any atom is -0.295 e. The SMILES string of the molecule is O=C(Nc1nccs1)C1=NC(=S)C=N1. The lowest BCUT2D eigenvalue weighted by molar-refractivity contribution is -0.110. The second-order valence-corrected chi connectivity index (χ2v) is 3.64. The number of aliphatic imine (C=N–C) groups is 2. The van der Waals surface area contributed by atoms with E-state index in [1.165, 1.54) is 17.6 Å². The highest BCUT2D eigenvalue weighted by molar-refractivity contribution is 7.81. The van der Waals surface area contributed by atoms with Crippen LogP contribution in [0, 0.1) is 0 Å². The molecule has 14 heavy (non-hydrogen) atoms. The van der Waals surface area contributed by atoms with Crippen molar-refractivity contribution in [1.82, 2.24) is 4.98 Å². The van der Waals surface area contributed by atoms with E-state index in [2.05, 4.69) is 20.3 Å². The largest absolute Gasteiger partial charge is 0.295 e. The van der Waals surface area contributed by atoms with E-state index in [0.29, 0.717) is 10.1 Å². The molecular weight excluding hydrogens is 220 g/mol. The fraction of sp³-hybridized carbons (Fsp3) is 0. The van der Waals surface area contributed by atoms with Gasteiger partial charge in [0.25, 0.3) is 5.91 Å². The van der Waals surface area contributed by atoms with Crippen molar-refractivity contribution in [3.05, 3.63) is 11.6 Å². The van der Waals surface area contributed by atoms with Crippen molar-refractivity contribution < 1.29 is 4.79 Å². The molecule has 1 N–H and O–H groups in total. The van der Waals surface area contributed by atoms with Gasteiger partial charge < -0.3 is 0 Å². The van der Waals surface area contributed by atoms with Crippen molar-refractivity contribution in [3.63, 3.8) is 0 Å². The van der Waals surface area contributed by atoms with Crippen LogP contribution in [0.5, 0.6) is 0 Å². The second kappa shape index (κ2) is 3.72. The average Bonchev–Trinajstić information content (AvgIpc) is 2.75. The predicted molar refractivity (Wildman–Crippen MR) is 59.3 cm³/mol. The summed E-state index contributed by atoms with van der Waals surface area (Å²) in [5, 5.41) is 4.83. The number of carbonyl (C=O) groups is 1. The van der Waals surface area contributed by atoms with Crippen LogP contribution in [0.1, 0.15) is 0 Å². The van der Waals surface area contributed by atoms with E-state index in [1.54, 1.807) is 11.6 Å². The smallest absolute Gasteiger partial charge is 0.295 e. The molecule has 1 aromatic rings. The molecule has 1 aliphatic rings. The van der Waals surface area contributed by atoms with E-state index in [1.807, 2.05) is 0 Å². The normalized spacial score (nSPS) is 14.3. The maximum Gasteiger partial charge on any atom is 0.295 e. The molecule has 0 atom stereocenters. The highest BCUT2D eigenvalue weighted by Crippen LogP contribution is 2.10. The van der Waals surface area contributed by atoms with Gasteiger partial charge in [0.15, 0.2) is 5.13 Å². The van der Waals surface area contributed by atoms with Crippen LogP contribution in [-0.2, 0) is 4.79 Å². The zero-order valence-electron chi connectivity index (χ0n) is 6.80. The molecule has 0 unspecified atom stereocenters. The van der Waals surface area contributed by atoms with Crippen LogP contribution < -0.4 is 5.32 Å². The highest BCUT2D eigenvalue weighted by atomic mass is 32.1. The summed E-state index contributed by atoms with van der Waals surface area (Å²) in [6.07, 6.45) is 2.97. The molecular formula is C7H4N4OS2. The van der Waals surface area contributed by atoms with Gasteiger partial charge in [0, 0.05) is 11.6 Å². The summed E-state index contributed by atoms with van der Waals surface area (Å²) in [6, 6.07) is 0. The molecule has 0 aliphatic carbocycles. The molecule has 0 saturated carbocycles. The Morgan fingerprint density at radius 1 is 1.57 bits per heavy atom. The first kappa shape index (κ1) is 9.10. The quantitative estimate of drug-likeness (QED) is 0.759. The lowest BCUT2D eigenvalue weighted by Crippen LogP contribution is -2.19. The van der Waals surface area contributed by atoms with Crippen LogP contribution in [0.25, 0.3) is 0 Å². The number of aromatic nitrogens is 1. The lowest BCUT2D eigenvalue weighted by atomic mass is 10.5. The molecule has 70 valence electrons. The number of nitrogens with zero attached hydrogens (tertiary/aromatic N) is 3. The van der Waals surface area contributed by atoms with E-state index in [4.69, 9.17) is 12.2 Å². The number of carbonyl (C=O) groups excluding carboxylic acids is 1. The average molecular weight is 224 g/mol. The molecule has 2 rings (SSSR count). The third-order valence-corrected chi connectivity index (χ3v) is 2.25. The Kier molecular flexibility index (Phi) is 2.42. The summed E-state index contributed by atoms with van der Waals surface area (Å²) in [4.78, 5) is 23.1. The van der Waals surface area contributed by atoms with Crippen molar-refractivity contribution >= 4 is 51.6 Å². The molecule has 0 saturated heterocycles. The number of hydrogen-bond donors (Lipinski definition) is 1. The molecule has 0 bridgehead atoms. The minimum atomic E-state index is -0.393. The van der Waals surface area contributed by atoms with Crippen molar-refractivity contribution in [2.24, 2.45) is 9.98 Å². The van der Waals surface area contributed by atoms with E-state index in [-0.39, 0.29) is 5.84 Å². The van der Waals surface area contributed by atoms with Crippen LogP contribution in [0.2, 0.25) is 0 Å². The lowest BCUT2D eigenvalue weighted by Gasteiger charge is -1.96. The predicted octanol–water partition coefficient (Wildman–Crippen LogP) is 0.892. The van der Waals surface area contributed by atoms with Gasteiger partial charge in [-0.3, -0.25) is 10.1 Å². The zero-order chi connectivity index (χ0) is 9.97. The van der Waals surface area contributed by atoms with E-state index >= 15 is 0 Å². The number of thiocarbonyl (C=S) groups is 1. The Morgan fingerprint density at radius 2 is 2.43 bits per heavy atom. The summed E-state index contributed by atoms with van der Waals surface area (Å²) >= 11 is 6.06. The molecule has 1 aromatic heterocycles. The van der Waals surface area contributed by atoms with Gasteiger partial charge in [-0.15, -0.1) is 11.3 Å². The monoisotopic (exact) mass is 224 g/mol. The van der Waals surface area contributed by atoms with Crippen LogP contribution in [0.3, 0.4) is 0 Å². The fourth-order valence-corrected chi connectivity index (χ4v) is 1.49. The van der Waals surface area contributed by atoms with Gasteiger partial charge in [0.2, 0.25) is 5.84 Å². The fourth-order valence-electron chi connectivity index (χ4n) is 0.826. The zero-order valence-corrected chi connectivity index (χ0v) is 8.43. The number of nitrogens with one attached hydrogen (secondary N) is 1. The van der Waals surface area contributed by atoms with Crippen molar-refractivity contribution in [2.75, 3.05) is 5.32 Å². The highest BCUT2D eigenvalue weighted by Gasteiger charge is 2.15. The summed E-state index contributed by atoms with van der Waals surface area (Å²) in [5.74, 6) is -0.318. The van der Waals surface area contributed by atoms with Gasteiger partial charge in [0.05, 0.1) is 6.21 Å². The van der Waals surface area contributed by atoms with Gasteiger partial charge in [-0.2, -0.15) is 0 Å². The topological polar surface area (TPSA) is 66.7 Å². The van der Waals surface area contributed by atoms with Crippen molar-refractivity contribution in [1.29, 1.82) is 0 Å². The maximum atomic E-state index is 11.4. The first-order valence-corrected chi connectivity index (χ1v) is 4.92. The third kappa shape index (κ3) is 1.88. The van der Waals surface area contributed by atoms with Crippen molar-refractivity contribution in [2.45, 2.75) is 0 Å². The summed E-state index contributed by atoms with van der Waals surface area (Å²) < 4.78 is 0. The number of amides is 1. The van der Waals surface area contributed by atoms with E-state index in [9.17, 15) is 4.79 Å². The van der Waals surface area contributed by atoms with Crippen LogP contribution in [-0.4, -0.2) is 27.9 Å². The van der Waals surface area contributed by atoms with Gasteiger partial charge in [-0.25, -0.2) is 15.0 Å². The Balaban J connectivity index is 2.07. The molecule has 1 aliphatic heterocycles. The first-order valence-electron chi connectivity index (χ1n) is 3.63. The molecule has 0 radical (unpaired) electrons. The van der Waals surface area contributed by atoms with Crippen LogP contribution in [0.15, 0.2) is 21.6 Å². The van der Waals surface area contributed by atoms with Gasteiger partial charge in [-0.05, 0) is 0 Å². The first-order chi connectivity index (χ1) is 6.75. The molecule has 7 heteroatoms. The Bertz CT molecular complexity index is 435. The Hall–Kier alpha value is -1.47. The minimum absolute atomic E-state index is 0.0743. The Labute approximate surface area is 88.6 Å². The van der Waals surface area contributed by atoms with E-state index < -0.39 is 5.91 Å². The number of hydrogen-bond acceptors (Lipinski definition) is 5. The summed E-state index contributed by atoms with van der Waals surface area (Å²) in [7, 11) is 0. The second-order valence-electron chi connectivity index (χ2n) is 2.32. The summed E-state index contributed by atoms with van der Waals surface area (Å²) in [6.45, 7) is 0. The van der Waals surface area contributed by atoms with E-state index in [0.717, 1.165) is 0 Å². The molecule has 0 fully saturated rings. The van der Waals surface area contributed by atoms with Crippen LogP contribution in [0.4, 0.5) is 5.13 Å². The molecule has 2 heterocycles. The number of thiazole rings is 1. The molecule has 0 aromatic carbocycles. The molecule has 0 spiro atoms. The van der Waals surface area contributed by atoms with Gasteiger partial charge in [-0.1, -0.05) is 12.2 Å². The standard InChI is InChI=1S/C7H4N4OS2/c12-6(5-9-3-4(13)10-5)11-7-8-1-2-14-7/h1-3H,(H,8,11,12). The Morgan fingerprint density at radius 3 is 3.00 bits per heavy atom. The number of rotatable bonds is 2. The molecule has 5 nitrogen and oxygen atoms in total. The third-order valence-electron chi connectivity index (χ3n) is 1.37.